The van der Waals surface area contributed by atoms with Crippen molar-refractivity contribution in [3.8, 4) is 0 Å². The summed E-state index contributed by atoms with van der Waals surface area (Å²) in [5.74, 6) is -1.33. The lowest BCUT2D eigenvalue weighted by Gasteiger charge is -2.22. The number of amides is 1. The molecule has 1 saturated heterocycles. The Bertz CT molecular complexity index is 613. The van der Waals surface area contributed by atoms with Gasteiger partial charge < -0.3 is 5.11 Å². The minimum Gasteiger partial charge on any atom is -0.480 e. The summed E-state index contributed by atoms with van der Waals surface area (Å²) in [7, 11) is 0. The van der Waals surface area contributed by atoms with Gasteiger partial charge in [0.15, 0.2) is 0 Å². The van der Waals surface area contributed by atoms with Crippen molar-refractivity contribution in [2.24, 2.45) is 0 Å². The number of unbranched alkanes of at least 4 members (excludes halogenated alkanes) is 1. The zero-order valence-electron chi connectivity index (χ0n) is 12.2. The number of benzene rings is 1. The van der Waals surface area contributed by atoms with Gasteiger partial charge in [0.2, 0.25) is 0 Å². The first-order valence-corrected chi connectivity index (χ1v) is 8.32. The van der Waals surface area contributed by atoms with E-state index >= 15 is 0 Å². The molecule has 22 heavy (non-hydrogen) atoms. The maximum absolute atomic E-state index is 12.5. The van der Waals surface area contributed by atoms with Crippen LogP contribution in [-0.4, -0.2) is 32.2 Å². The van der Waals surface area contributed by atoms with Crippen molar-refractivity contribution in [3.63, 3.8) is 0 Å². The lowest BCUT2D eigenvalue weighted by molar-refractivity contribution is -0.145. The Labute approximate surface area is 139 Å². The summed E-state index contributed by atoms with van der Waals surface area (Å²) in [6, 6.07) is 8.56. The maximum atomic E-state index is 12.5. The Hall–Kier alpha value is -1.66. The molecule has 1 N–H and O–H groups in total. The predicted molar refractivity (Wildman–Crippen MR) is 92.4 cm³/mol. The number of carboxylic acid groups (broad SMARTS) is 1. The minimum absolute atomic E-state index is 0.315. The molecule has 1 amide bonds. The molecule has 0 aromatic heterocycles. The van der Waals surface area contributed by atoms with E-state index < -0.39 is 12.0 Å². The number of hydrogen-bond donors (Lipinski definition) is 1. The van der Waals surface area contributed by atoms with E-state index in [1.54, 1.807) is 6.08 Å². The molecule has 1 aliphatic heterocycles. The second kappa shape index (κ2) is 7.56. The summed E-state index contributed by atoms with van der Waals surface area (Å²) in [5, 5.41) is 9.39. The third-order valence-electron chi connectivity index (χ3n) is 3.35. The number of carboxylic acids is 1. The Balaban J connectivity index is 2.24. The third-order valence-corrected chi connectivity index (χ3v) is 4.68. The predicted octanol–water partition coefficient (Wildman–Crippen LogP) is 3.53. The van der Waals surface area contributed by atoms with E-state index in [0.29, 0.717) is 15.6 Å². The number of hydrogen-bond acceptors (Lipinski definition) is 4. The highest BCUT2D eigenvalue weighted by molar-refractivity contribution is 8.26. The summed E-state index contributed by atoms with van der Waals surface area (Å²) >= 11 is 6.38. The van der Waals surface area contributed by atoms with Gasteiger partial charge >= 0.3 is 5.97 Å². The Morgan fingerprint density at radius 2 is 2.09 bits per heavy atom. The van der Waals surface area contributed by atoms with Gasteiger partial charge in [0.1, 0.15) is 10.4 Å². The van der Waals surface area contributed by atoms with Gasteiger partial charge in [0, 0.05) is 0 Å². The minimum atomic E-state index is -1.01. The number of carbonyl (C=O) groups excluding carboxylic acids is 1. The first-order valence-electron chi connectivity index (χ1n) is 7.09. The molecule has 1 heterocycles. The largest absolute Gasteiger partial charge is 0.480 e. The lowest BCUT2D eigenvalue weighted by atomic mass is 10.1. The third kappa shape index (κ3) is 3.75. The molecular formula is C16H17NO3S2. The van der Waals surface area contributed by atoms with E-state index in [0.717, 1.165) is 30.2 Å². The van der Waals surface area contributed by atoms with E-state index in [9.17, 15) is 14.7 Å². The van der Waals surface area contributed by atoms with Crippen LogP contribution in [0.15, 0.2) is 35.2 Å². The summed E-state index contributed by atoms with van der Waals surface area (Å²) in [6.45, 7) is 1.98. The second-order valence-electron chi connectivity index (χ2n) is 4.96. The van der Waals surface area contributed by atoms with Gasteiger partial charge in [-0.3, -0.25) is 9.69 Å². The molecule has 1 aromatic carbocycles. The molecule has 0 radical (unpaired) electrons. The number of aliphatic carboxylic acids is 1. The molecule has 1 aromatic rings. The summed E-state index contributed by atoms with van der Waals surface area (Å²) in [4.78, 5) is 25.7. The molecule has 116 valence electrons. The zero-order valence-corrected chi connectivity index (χ0v) is 13.8. The van der Waals surface area contributed by atoms with Gasteiger partial charge in [0.25, 0.3) is 5.91 Å². The highest BCUT2D eigenvalue weighted by Crippen LogP contribution is 2.34. The fraction of sp³-hybridized carbons (Fsp3) is 0.312. The van der Waals surface area contributed by atoms with E-state index in [2.05, 4.69) is 0 Å². The zero-order chi connectivity index (χ0) is 16.1. The molecule has 6 heteroatoms. The number of thioether (sulfide) groups is 1. The van der Waals surface area contributed by atoms with Crippen molar-refractivity contribution >= 4 is 46.3 Å². The van der Waals surface area contributed by atoms with Crippen molar-refractivity contribution in [1.29, 1.82) is 0 Å². The Morgan fingerprint density at radius 3 is 2.68 bits per heavy atom. The Morgan fingerprint density at radius 1 is 1.41 bits per heavy atom. The lowest BCUT2D eigenvalue weighted by Crippen LogP contribution is -2.43. The fourth-order valence-corrected chi connectivity index (χ4v) is 3.57. The number of rotatable bonds is 6. The molecule has 0 aliphatic carbocycles. The maximum Gasteiger partial charge on any atom is 0.326 e. The van der Waals surface area contributed by atoms with Crippen LogP contribution >= 0.6 is 24.0 Å². The van der Waals surface area contributed by atoms with Crippen LogP contribution in [0.3, 0.4) is 0 Å². The van der Waals surface area contributed by atoms with Crippen molar-refractivity contribution < 1.29 is 14.7 Å². The van der Waals surface area contributed by atoms with Gasteiger partial charge in [0.05, 0.1) is 4.91 Å². The van der Waals surface area contributed by atoms with Gasteiger partial charge in [-0.1, -0.05) is 74.1 Å². The van der Waals surface area contributed by atoms with Crippen LogP contribution in [0.25, 0.3) is 6.08 Å². The van der Waals surface area contributed by atoms with Crippen LogP contribution in [-0.2, 0) is 9.59 Å². The first-order chi connectivity index (χ1) is 10.5. The van der Waals surface area contributed by atoms with Crippen molar-refractivity contribution in [2.75, 3.05) is 0 Å². The van der Waals surface area contributed by atoms with Crippen molar-refractivity contribution in [3.05, 3.63) is 40.8 Å². The Kier molecular flexibility index (Phi) is 5.74. The molecular weight excluding hydrogens is 318 g/mol. The molecule has 0 unspecified atom stereocenters. The average molecular weight is 335 g/mol. The number of carbonyl (C=O) groups is 2. The molecule has 1 fully saturated rings. The van der Waals surface area contributed by atoms with Gasteiger partial charge in [-0.05, 0) is 18.1 Å². The smallest absolute Gasteiger partial charge is 0.326 e. The molecule has 4 nitrogen and oxygen atoms in total. The average Bonchev–Trinajstić information content (AvgIpc) is 2.76. The monoisotopic (exact) mass is 335 g/mol. The second-order valence-corrected chi connectivity index (χ2v) is 6.63. The van der Waals surface area contributed by atoms with Crippen molar-refractivity contribution in [2.45, 2.75) is 32.2 Å². The van der Waals surface area contributed by atoms with Crippen LogP contribution in [0, 0.1) is 0 Å². The van der Waals surface area contributed by atoms with Crippen LogP contribution in [0.1, 0.15) is 31.7 Å². The van der Waals surface area contributed by atoms with Gasteiger partial charge in [-0.25, -0.2) is 4.79 Å². The molecule has 0 bridgehead atoms. The topological polar surface area (TPSA) is 57.6 Å². The standard InChI is InChI=1S/C16H17NO3S2/c1-2-3-9-12(15(19)20)17-14(18)13(22-16(17)21)10-11-7-5-4-6-8-11/h4-8,10,12H,2-3,9H2,1H3,(H,19,20)/b13-10-/t12-/m1/s1. The summed E-state index contributed by atoms with van der Waals surface area (Å²) < 4.78 is 0.315. The van der Waals surface area contributed by atoms with Crippen LogP contribution in [0.2, 0.25) is 0 Å². The van der Waals surface area contributed by atoms with E-state index in [4.69, 9.17) is 12.2 Å². The molecule has 0 saturated carbocycles. The van der Waals surface area contributed by atoms with Gasteiger partial charge in [-0.15, -0.1) is 0 Å². The number of nitrogens with zero attached hydrogens (tertiary/aromatic N) is 1. The molecule has 2 rings (SSSR count). The summed E-state index contributed by atoms with van der Waals surface area (Å²) in [5.41, 5.74) is 0.892. The van der Waals surface area contributed by atoms with Crippen molar-refractivity contribution in [1.82, 2.24) is 4.90 Å². The fourth-order valence-electron chi connectivity index (χ4n) is 2.21. The van der Waals surface area contributed by atoms with Gasteiger partial charge in [-0.2, -0.15) is 0 Å². The number of thiocarbonyl (C=S) groups is 1. The first kappa shape index (κ1) is 16.7. The molecule has 0 spiro atoms. The SMILES string of the molecule is CCCC[C@H](C(=O)O)N1C(=O)/C(=C/c2ccccc2)SC1=S. The van der Waals surface area contributed by atoms with E-state index in [-0.39, 0.29) is 5.91 Å². The van der Waals surface area contributed by atoms with Crippen LogP contribution < -0.4 is 0 Å². The molecule has 1 aliphatic rings. The summed E-state index contributed by atoms with van der Waals surface area (Å²) in [6.07, 6.45) is 3.78. The quantitative estimate of drug-likeness (QED) is 0.636. The highest BCUT2D eigenvalue weighted by atomic mass is 32.2. The normalized spacial score (nSPS) is 18.0. The van der Waals surface area contributed by atoms with E-state index in [1.165, 1.54) is 4.90 Å². The highest BCUT2D eigenvalue weighted by Gasteiger charge is 2.39. The van der Waals surface area contributed by atoms with E-state index in [1.807, 2.05) is 37.3 Å². The van der Waals surface area contributed by atoms with Crippen LogP contribution in [0.4, 0.5) is 0 Å². The molecule has 1 atom stereocenters. The van der Waals surface area contributed by atoms with Crippen LogP contribution in [0.5, 0.6) is 0 Å².